The molecule has 0 radical (unpaired) electrons. The topological polar surface area (TPSA) is 125 Å². The molecule has 2 aromatic carbocycles. The Morgan fingerprint density at radius 2 is 1.85 bits per heavy atom. The predicted molar refractivity (Wildman–Crippen MR) is 117 cm³/mol. The standard InChI is InChI=1S/C24H22N4O5/c1-33-17-9-7-16(8-10-17)28-21(29)18-19(22(28)30)24(23(31)32,11-15-12-25-13-26-15)27-20(18)14-5-3-2-4-6-14/h2-10,12-13,18-20,27H,11H2,1H3,(H,25,26)(H,31,32)/t18-,19-,20?,24?/m1/s1. The van der Waals surface area contributed by atoms with Crippen LogP contribution >= 0.6 is 0 Å². The van der Waals surface area contributed by atoms with E-state index in [1.54, 1.807) is 24.3 Å². The summed E-state index contributed by atoms with van der Waals surface area (Å²) >= 11 is 0. The van der Waals surface area contributed by atoms with Gasteiger partial charge in [0.1, 0.15) is 11.3 Å². The van der Waals surface area contributed by atoms with Crippen molar-refractivity contribution in [2.75, 3.05) is 12.0 Å². The van der Waals surface area contributed by atoms with Gasteiger partial charge in [0, 0.05) is 24.4 Å². The number of aromatic amines is 1. The molecule has 9 heteroatoms. The van der Waals surface area contributed by atoms with Crippen molar-refractivity contribution in [1.82, 2.24) is 15.3 Å². The lowest BCUT2D eigenvalue weighted by Gasteiger charge is -2.30. The zero-order valence-corrected chi connectivity index (χ0v) is 17.8. The third-order valence-corrected chi connectivity index (χ3v) is 6.55. The number of amides is 2. The van der Waals surface area contributed by atoms with Gasteiger partial charge in [-0.1, -0.05) is 30.3 Å². The Kier molecular flexibility index (Phi) is 4.98. The van der Waals surface area contributed by atoms with Crippen LogP contribution in [0.1, 0.15) is 17.3 Å². The Morgan fingerprint density at radius 3 is 2.45 bits per heavy atom. The molecule has 2 saturated heterocycles. The van der Waals surface area contributed by atoms with E-state index >= 15 is 0 Å². The van der Waals surface area contributed by atoms with Crippen molar-refractivity contribution in [3.63, 3.8) is 0 Å². The van der Waals surface area contributed by atoms with Crippen molar-refractivity contribution < 1.29 is 24.2 Å². The zero-order valence-electron chi connectivity index (χ0n) is 17.8. The fourth-order valence-corrected chi connectivity index (χ4v) is 5.05. The first-order valence-electron chi connectivity index (χ1n) is 10.5. The van der Waals surface area contributed by atoms with Crippen LogP contribution in [0.3, 0.4) is 0 Å². The number of carboxylic acid groups (broad SMARTS) is 1. The molecule has 1 aromatic heterocycles. The molecule has 5 rings (SSSR count). The van der Waals surface area contributed by atoms with Gasteiger partial charge in [0.15, 0.2) is 0 Å². The minimum atomic E-state index is -1.69. The number of benzene rings is 2. The summed E-state index contributed by atoms with van der Waals surface area (Å²) in [6.45, 7) is 0. The van der Waals surface area contributed by atoms with Gasteiger partial charge in [-0.3, -0.25) is 19.7 Å². The van der Waals surface area contributed by atoms with Gasteiger partial charge in [-0.15, -0.1) is 0 Å². The summed E-state index contributed by atoms with van der Waals surface area (Å²) in [6.07, 6.45) is 2.96. The quantitative estimate of drug-likeness (QED) is 0.494. The second-order valence-electron chi connectivity index (χ2n) is 8.28. The van der Waals surface area contributed by atoms with Crippen LogP contribution in [0.5, 0.6) is 5.75 Å². The lowest BCUT2D eigenvalue weighted by molar-refractivity contribution is -0.148. The molecule has 9 nitrogen and oxygen atoms in total. The molecule has 0 aliphatic carbocycles. The third-order valence-electron chi connectivity index (χ3n) is 6.55. The van der Waals surface area contributed by atoms with E-state index in [-0.39, 0.29) is 6.42 Å². The number of nitrogens with zero attached hydrogens (tertiary/aromatic N) is 2. The molecular formula is C24H22N4O5. The van der Waals surface area contributed by atoms with Gasteiger partial charge in [0.25, 0.3) is 0 Å². The van der Waals surface area contributed by atoms with Gasteiger partial charge in [-0.25, -0.2) is 9.88 Å². The Labute approximate surface area is 189 Å². The number of fused-ring (bicyclic) bond motifs is 1. The lowest BCUT2D eigenvalue weighted by atomic mass is 9.77. The number of anilines is 1. The number of aromatic nitrogens is 2. The maximum atomic E-state index is 13.7. The summed E-state index contributed by atoms with van der Waals surface area (Å²) in [5, 5.41) is 13.6. The average molecular weight is 446 g/mol. The first-order valence-corrected chi connectivity index (χ1v) is 10.5. The molecule has 0 bridgehead atoms. The third kappa shape index (κ3) is 3.20. The van der Waals surface area contributed by atoms with Gasteiger partial charge in [-0.05, 0) is 29.8 Å². The monoisotopic (exact) mass is 446 g/mol. The predicted octanol–water partition coefficient (Wildman–Crippen LogP) is 1.93. The summed E-state index contributed by atoms with van der Waals surface area (Å²) < 4.78 is 5.17. The van der Waals surface area contributed by atoms with Gasteiger partial charge in [0.2, 0.25) is 11.8 Å². The maximum Gasteiger partial charge on any atom is 0.325 e. The lowest BCUT2D eigenvalue weighted by Crippen LogP contribution is -2.57. The van der Waals surface area contributed by atoms with E-state index in [2.05, 4.69) is 15.3 Å². The number of hydrogen-bond acceptors (Lipinski definition) is 6. The Morgan fingerprint density at radius 1 is 1.12 bits per heavy atom. The number of ether oxygens (including phenoxy) is 1. The van der Waals surface area contributed by atoms with E-state index in [4.69, 9.17) is 4.74 Å². The summed E-state index contributed by atoms with van der Waals surface area (Å²) in [4.78, 5) is 48.2. The van der Waals surface area contributed by atoms with Crippen LogP contribution in [-0.4, -0.2) is 45.5 Å². The normalized spacial score (nSPS) is 26.5. The number of aliphatic carboxylic acids is 1. The highest BCUT2D eigenvalue weighted by Crippen LogP contribution is 2.50. The number of rotatable bonds is 6. The van der Waals surface area contributed by atoms with E-state index in [0.29, 0.717) is 17.1 Å². The second-order valence-corrected chi connectivity index (χ2v) is 8.28. The number of imidazole rings is 1. The number of hydrogen-bond donors (Lipinski definition) is 3. The Hall–Kier alpha value is -3.98. The van der Waals surface area contributed by atoms with Crippen molar-refractivity contribution in [2.24, 2.45) is 11.8 Å². The van der Waals surface area contributed by atoms with Crippen LogP contribution in [0.25, 0.3) is 0 Å². The fourth-order valence-electron chi connectivity index (χ4n) is 5.05. The number of H-pyrrole nitrogens is 1. The summed E-state index contributed by atoms with van der Waals surface area (Å²) in [6, 6.07) is 15.1. The number of nitrogens with one attached hydrogen (secondary N) is 2. The molecule has 0 saturated carbocycles. The second kappa shape index (κ2) is 7.86. The molecule has 2 fully saturated rings. The number of imide groups is 1. The number of carbonyl (C=O) groups is 3. The Balaban J connectivity index is 1.63. The van der Waals surface area contributed by atoms with Crippen molar-refractivity contribution in [1.29, 1.82) is 0 Å². The molecule has 2 amide bonds. The highest BCUT2D eigenvalue weighted by Gasteiger charge is 2.68. The fraction of sp³-hybridized carbons (Fsp3) is 0.250. The van der Waals surface area contributed by atoms with Crippen LogP contribution in [0, 0.1) is 11.8 Å². The molecular weight excluding hydrogens is 424 g/mol. The van der Waals surface area contributed by atoms with Gasteiger partial charge < -0.3 is 14.8 Å². The van der Waals surface area contributed by atoms with Crippen molar-refractivity contribution in [2.45, 2.75) is 18.0 Å². The van der Waals surface area contributed by atoms with Crippen molar-refractivity contribution >= 4 is 23.5 Å². The molecule has 33 heavy (non-hydrogen) atoms. The van der Waals surface area contributed by atoms with E-state index in [1.807, 2.05) is 30.3 Å². The van der Waals surface area contributed by atoms with Crippen LogP contribution < -0.4 is 15.0 Å². The first kappa shape index (κ1) is 20.9. The van der Waals surface area contributed by atoms with E-state index < -0.39 is 41.2 Å². The number of carboxylic acids is 1. The van der Waals surface area contributed by atoms with Crippen LogP contribution in [0.4, 0.5) is 5.69 Å². The van der Waals surface area contributed by atoms with Gasteiger partial charge >= 0.3 is 5.97 Å². The molecule has 2 aliphatic heterocycles. The largest absolute Gasteiger partial charge is 0.497 e. The van der Waals surface area contributed by atoms with Crippen molar-refractivity contribution in [3.05, 3.63) is 78.4 Å². The van der Waals surface area contributed by atoms with Crippen LogP contribution in [0.2, 0.25) is 0 Å². The summed E-state index contributed by atoms with van der Waals surface area (Å²) in [7, 11) is 1.53. The Bertz CT molecular complexity index is 1200. The number of methoxy groups -OCH3 is 1. The first-order chi connectivity index (χ1) is 16.0. The number of carbonyl (C=O) groups excluding carboxylic acids is 2. The molecule has 3 N–H and O–H groups in total. The molecule has 2 unspecified atom stereocenters. The van der Waals surface area contributed by atoms with Gasteiger partial charge in [-0.2, -0.15) is 0 Å². The van der Waals surface area contributed by atoms with Crippen molar-refractivity contribution in [3.8, 4) is 5.75 Å². The van der Waals surface area contributed by atoms with Gasteiger partial charge in [0.05, 0.1) is 31.0 Å². The van der Waals surface area contributed by atoms with E-state index in [1.165, 1.54) is 19.6 Å². The molecule has 2 aliphatic rings. The molecule has 0 spiro atoms. The summed E-state index contributed by atoms with van der Waals surface area (Å²) in [5.74, 6) is -3.55. The molecule has 168 valence electrons. The molecule has 4 atom stereocenters. The minimum absolute atomic E-state index is 0.0255. The highest BCUT2D eigenvalue weighted by atomic mass is 16.5. The summed E-state index contributed by atoms with van der Waals surface area (Å²) in [5.41, 5.74) is -0.00241. The zero-order chi connectivity index (χ0) is 23.2. The average Bonchev–Trinajstić information content (AvgIpc) is 3.52. The van der Waals surface area contributed by atoms with Crippen LogP contribution in [-0.2, 0) is 20.8 Å². The van der Waals surface area contributed by atoms with E-state index in [9.17, 15) is 19.5 Å². The van der Waals surface area contributed by atoms with Crippen LogP contribution in [0.15, 0.2) is 67.1 Å². The van der Waals surface area contributed by atoms with E-state index in [0.717, 1.165) is 10.5 Å². The SMILES string of the molecule is COc1ccc(N2C(=O)[C@H]3C(c4ccccc4)NC(Cc4cnc[nH]4)(C(=O)O)[C@H]3C2=O)cc1. The maximum absolute atomic E-state index is 13.7. The molecule has 3 aromatic rings. The smallest absolute Gasteiger partial charge is 0.325 e. The minimum Gasteiger partial charge on any atom is -0.497 e. The highest BCUT2D eigenvalue weighted by molar-refractivity contribution is 6.24. The molecule has 3 heterocycles.